The van der Waals surface area contributed by atoms with E-state index in [0.717, 1.165) is 25.9 Å². The van der Waals surface area contributed by atoms with Gasteiger partial charge >= 0.3 is 0 Å². The molecule has 1 aliphatic rings. The maximum absolute atomic E-state index is 6.34. The van der Waals surface area contributed by atoms with Gasteiger partial charge in [-0.05, 0) is 67.2 Å². The summed E-state index contributed by atoms with van der Waals surface area (Å²) in [5, 5.41) is 0. The van der Waals surface area contributed by atoms with Crippen molar-refractivity contribution < 1.29 is 0 Å². The van der Waals surface area contributed by atoms with Gasteiger partial charge in [0.2, 0.25) is 0 Å². The molecule has 19 heavy (non-hydrogen) atoms. The molecule has 3 nitrogen and oxygen atoms in total. The second kappa shape index (κ2) is 7.02. The van der Waals surface area contributed by atoms with Gasteiger partial charge in [0.15, 0.2) is 0 Å². The number of rotatable bonds is 4. The minimum absolute atomic E-state index is 0.249. The van der Waals surface area contributed by atoms with Gasteiger partial charge in [-0.1, -0.05) is 12.1 Å². The van der Waals surface area contributed by atoms with Crippen molar-refractivity contribution in [3.05, 3.63) is 33.4 Å². The van der Waals surface area contributed by atoms with Crippen LogP contribution in [0.5, 0.6) is 0 Å². The predicted octanol–water partition coefficient (Wildman–Crippen LogP) is 1.80. The minimum Gasteiger partial charge on any atom is -0.327 e. The monoisotopic (exact) mass is 373 g/mol. The predicted molar refractivity (Wildman–Crippen MR) is 89.4 cm³/mol. The van der Waals surface area contributed by atoms with Crippen molar-refractivity contribution >= 4 is 22.6 Å². The molecule has 0 amide bonds. The van der Waals surface area contributed by atoms with Crippen LogP contribution in [0.3, 0.4) is 0 Å². The molecule has 0 saturated carbocycles. The SMILES string of the molecule is CN1CCN(C)C(CC(N)Cc2ccc(I)cc2)C1. The number of likely N-dealkylation sites (N-methyl/N-ethyl adjacent to an activating group) is 2. The Morgan fingerprint density at radius 1 is 1.26 bits per heavy atom. The topological polar surface area (TPSA) is 32.5 Å². The van der Waals surface area contributed by atoms with Gasteiger partial charge in [0, 0.05) is 35.3 Å². The minimum atomic E-state index is 0.249. The average Bonchev–Trinajstić information content (AvgIpc) is 2.37. The molecular formula is C15H24IN3. The van der Waals surface area contributed by atoms with Crippen LogP contribution in [0, 0.1) is 3.57 Å². The second-order valence-corrected chi connectivity index (χ2v) is 6.97. The molecule has 2 rings (SSSR count). The van der Waals surface area contributed by atoms with Crippen LogP contribution >= 0.6 is 22.6 Å². The van der Waals surface area contributed by atoms with Crippen LogP contribution in [0.4, 0.5) is 0 Å². The molecule has 1 heterocycles. The summed E-state index contributed by atoms with van der Waals surface area (Å²) in [5.74, 6) is 0. The molecule has 2 unspecified atom stereocenters. The standard InChI is InChI=1S/C15H24IN3/c1-18-7-8-19(2)15(11-18)10-14(17)9-12-3-5-13(16)6-4-12/h3-6,14-15H,7-11,17H2,1-2H3. The first-order valence-corrected chi connectivity index (χ1v) is 8.01. The first kappa shape index (κ1) is 15.2. The van der Waals surface area contributed by atoms with Gasteiger partial charge in [0.05, 0.1) is 0 Å². The van der Waals surface area contributed by atoms with Crippen molar-refractivity contribution in [3.8, 4) is 0 Å². The summed E-state index contributed by atoms with van der Waals surface area (Å²) in [7, 11) is 4.42. The normalized spacial score (nSPS) is 23.5. The van der Waals surface area contributed by atoms with E-state index in [0.29, 0.717) is 6.04 Å². The molecule has 0 aromatic heterocycles. The lowest BCUT2D eigenvalue weighted by Gasteiger charge is -2.38. The van der Waals surface area contributed by atoms with Crippen LogP contribution < -0.4 is 5.73 Å². The highest BCUT2D eigenvalue weighted by Crippen LogP contribution is 2.14. The van der Waals surface area contributed by atoms with E-state index in [1.807, 2.05) is 0 Å². The average molecular weight is 373 g/mol. The molecule has 2 atom stereocenters. The molecule has 106 valence electrons. The van der Waals surface area contributed by atoms with E-state index in [-0.39, 0.29) is 6.04 Å². The van der Waals surface area contributed by atoms with Crippen molar-refractivity contribution in [3.63, 3.8) is 0 Å². The third kappa shape index (κ3) is 4.70. The lowest BCUT2D eigenvalue weighted by Crippen LogP contribution is -2.51. The number of piperazine rings is 1. The fourth-order valence-corrected chi connectivity index (χ4v) is 3.07. The van der Waals surface area contributed by atoms with Crippen molar-refractivity contribution in [1.82, 2.24) is 9.80 Å². The fourth-order valence-electron chi connectivity index (χ4n) is 2.71. The maximum atomic E-state index is 6.34. The van der Waals surface area contributed by atoms with Gasteiger partial charge in [-0.2, -0.15) is 0 Å². The Bertz CT molecular complexity index is 393. The summed E-state index contributed by atoms with van der Waals surface area (Å²) in [6.07, 6.45) is 2.05. The van der Waals surface area contributed by atoms with Crippen LogP contribution in [0.1, 0.15) is 12.0 Å². The molecule has 1 fully saturated rings. The van der Waals surface area contributed by atoms with Gasteiger partial charge in [0.1, 0.15) is 0 Å². The lowest BCUT2D eigenvalue weighted by atomic mass is 9.98. The van der Waals surface area contributed by atoms with Gasteiger partial charge in [-0.25, -0.2) is 0 Å². The first-order valence-electron chi connectivity index (χ1n) is 6.93. The molecule has 1 aliphatic heterocycles. The van der Waals surface area contributed by atoms with Crippen LogP contribution in [0.2, 0.25) is 0 Å². The van der Waals surface area contributed by atoms with E-state index in [1.165, 1.54) is 15.7 Å². The fraction of sp³-hybridized carbons (Fsp3) is 0.600. The molecule has 4 heteroatoms. The van der Waals surface area contributed by atoms with E-state index in [1.54, 1.807) is 0 Å². The third-order valence-corrected chi connectivity index (χ3v) is 4.69. The molecule has 0 spiro atoms. The highest BCUT2D eigenvalue weighted by atomic mass is 127. The lowest BCUT2D eigenvalue weighted by molar-refractivity contribution is 0.104. The molecule has 0 bridgehead atoms. The van der Waals surface area contributed by atoms with Crippen LogP contribution in [0.25, 0.3) is 0 Å². The number of benzene rings is 1. The third-order valence-electron chi connectivity index (χ3n) is 3.97. The second-order valence-electron chi connectivity index (χ2n) is 5.72. The maximum Gasteiger partial charge on any atom is 0.0235 e. The van der Waals surface area contributed by atoms with E-state index in [4.69, 9.17) is 5.73 Å². The van der Waals surface area contributed by atoms with Crippen LogP contribution in [-0.2, 0) is 6.42 Å². The van der Waals surface area contributed by atoms with E-state index in [2.05, 4.69) is 70.8 Å². The Balaban J connectivity index is 1.86. The molecule has 2 N–H and O–H groups in total. The summed E-state index contributed by atoms with van der Waals surface area (Å²) in [5.41, 5.74) is 7.68. The Hall–Kier alpha value is -0.170. The van der Waals surface area contributed by atoms with Gasteiger partial charge in [-0.3, -0.25) is 0 Å². The summed E-state index contributed by atoms with van der Waals surface area (Å²) >= 11 is 2.34. The quantitative estimate of drug-likeness (QED) is 0.817. The Labute approximate surface area is 130 Å². The number of hydrogen-bond acceptors (Lipinski definition) is 3. The van der Waals surface area contributed by atoms with Gasteiger partial charge in [0.25, 0.3) is 0 Å². The highest BCUT2D eigenvalue weighted by molar-refractivity contribution is 14.1. The van der Waals surface area contributed by atoms with Crippen LogP contribution in [-0.4, -0.2) is 55.6 Å². The number of hydrogen-bond donors (Lipinski definition) is 1. The zero-order valence-electron chi connectivity index (χ0n) is 11.8. The molecule has 0 radical (unpaired) electrons. The first-order chi connectivity index (χ1) is 9.04. The van der Waals surface area contributed by atoms with Crippen molar-refractivity contribution in [1.29, 1.82) is 0 Å². The van der Waals surface area contributed by atoms with Crippen molar-refractivity contribution in [2.75, 3.05) is 33.7 Å². The van der Waals surface area contributed by atoms with Crippen molar-refractivity contribution in [2.24, 2.45) is 5.73 Å². The molecule has 0 aliphatic carbocycles. The van der Waals surface area contributed by atoms with Crippen molar-refractivity contribution in [2.45, 2.75) is 24.9 Å². The summed E-state index contributed by atoms with van der Waals surface area (Å²) in [6, 6.07) is 9.54. The van der Waals surface area contributed by atoms with E-state index >= 15 is 0 Å². The summed E-state index contributed by atoms with van der Waals surface area (Å²) < 4.78 is 1.28. The summed E-state index contributed by atoms with van der Waals surface area (Å²) in [6.45, 7) is 3.45. The number of halogens is 1. The number of nitrogens with two attached hydrogens (primary N) is 1. The zero-order chi connectivity index (χ0) is 13.8. The van der Waals surface area contributed by atoms with E-state index < -0.39 is 0 Å². The molecule has 1 aromatic carbocycles. The Kier molecular flexibility index (Phi) is 5.62. The Morgan fingerprint density at radius 3 is 2.63 bits per heavy atom. The zero-order valence-corrected chi connectivity index (χ0v) is 14.0. The largest absolute Gasteiger partial charge is 0.327 e. The Morgan fingerprint density at radius 2 is 1.95 bits per heavy atom. The van der Waals surface area contributed by atoms with E-state index in [9.17, 15) is 0 Å². The highest BCUT2D eigenvalue weighted by Gasteiger charge is 2.23. The number of nitrogens with zero attached hydrogens (tertiary/aromatic N) is 2. The molecule has 1 aromatic rings. The molecule has 1 saturated heterocycles. The smallest absolute Gasteiger partial charge is 0.0235 e. The summed E-state index contributed by atoms with van der Waals surface area (Å²) in [4.78, 5) is 4.86. The van der Waals surface area contributed by atoms with Gasteiger partial charge in [-0.15, -0.1) is 0 Å². The molecular weight excluding hydrogens is 349 g/mol. The van der Waals surface area contributed by atoms with Crippen LogP contribution in [0.15, 0.2) is 24.3 Å². The van der Waals surface area contributed by atoms with Gasteiger partial charge < -0.3 is 15.5 Å².